The maximum Gasteiger partial charge on any atom is 0.0256 e. The Labute approximate surface area is 133 Å². The van der Waals surface area contributed by atoms with Crippen LogP contribution >= 0.6 is 15.9 Å². The van der Waals surface area contributed by atoms with Gasteiger partial charge in [0.05, 0.1) is 0 Å². The van der Waals surface area contributed by atoms with E-state index < -0.39 is 0 Å². The van der Waals surface area contributed by atoms with Crippen LogP contribution in [0, 0.1) is 0 Å². The molecule has 1 aliphatic carbocycles. The van der Waals surface area contributed by atoms with Gasteiger partial charge in [-0.1, -0.05) is 76.6 Å². The van der Waals surface area contributed by atoms with Crippen LogP contribution in [0.1, 0.15) is 22.3 Å². The van der Waals surface area contributed by atoms with Crippen molar-refractivity contribution in [2.45, 2.75) is 12.8 Å². The predicted molar refractivity (Wildman–Crippen MR) is 91.6 cm³/mol. The molecule has 3 aromatic rings. The van der Waals surface area contributed by atoms with Gasteiger partial charge in [-0.3, -0.25) is 0 Å². The van der Waals surface area contributed by atoms with Crippen LogP contribution < -0.4 is 0 Å². The number of hydrogen-bond acceptors (Lipinski definition) is 0. The fourth-order valence-electron chi connectivity index (χ4n) is 3.20. The third-order valence-electron chi connectivity index (χ3n) is 4.17. The molecule has 4 rings (SSSR count). The molecule has 0 saturated heterocycles. The summed E-state index contributed by atoms with van der Waals surface area (Å²) in [4.78, 5) is 0. The lowest BCUT2D eigenvalue weighted by Gasteiger charge is -2.07. The molecule has 0 radical (unpaired) electrons. The quantitative estimate of drug-likeness (QED) is 0.447. The summed E-state index contributed by atoms with van der Waals surface area (Å²) in [6.45, 7) is 0. The predicted octanol–water partition coefficient (Wildman–Crippen LogP) is 5.61. The molecule has 0 bridgehead atoms. The van der Waals surface area contributed by atoms with Crippen LogP contribution in [0.25, 0.3) is 11.1 Å². The lowest BCUT2D eigenvalue weighted by atomic mass is 9.99. The Hall–Kier alpha value is -1.86. The molecule has 1 heteroatoms. The van der Waals surface area contributed by atoms with Gasteiger partial charge in [0.25, 0.3) is 0 Å². The topological polar surface area (TPSA) is 0 Å². The summed E-state index contributed by atoms with van der Waals surface area (Å²) in [5.41, 5.74) is 8.40. The van der Waals surface area contributed by atoms with Crippen LogP contribution in [0.5, 0.6) is 0 Å². The van der Waals surface area contributed by atoms with Gasteiger partial charge >= 0.3 is 0 Å². The van der Waals surface area contributed by atoms with Gasteiger partial charge in [-0.15, -0.1) is 0 Å². The van der Waals surface area contributed by atoms with Crippen LogP contribution in [-0.2, 0) is 12.8 Å². The Morgan fingerprint density at radius 1 is 0.762 bits per heavy atom. The Morgan fingerprint density at radius 2 is 1.62 bits per heavy atom. The Bertz CT molecular complexity index is 803. The Balaban J connectivity index is 1.71. The average molecular weight is 335 g/mol. The SMILES string of the molecule is Brc1cccc2c1-c1ccc(Cc3ccccc3)cc1C2. The van der Waals surface area contributed by atoms with Crippen molar-refractivity contribution in [2.75, 3.05) is 0 Å². The zero-order valence-corrected chi connectivity index (χ0v) is 13.2. The van der Waals surface area contributed by atoms with Crippen molar-refractivity contribution in [1.82, 2.24) is 0 Å². The van der Waals surface area contributed by atoms with Crippen LogP contribution in [-0.4, -0.2) is 0 Å². The molecule has 102 valence electrons. The zero-order chi connectivity index (χ0) is 14.2. The van der Waals surface area contributed by atoms with Crippen molar-refractivity contribution < 1.29 is 0 Å². The van der Waals surface area contributed by atoms with Crippen LogP contribution in [0.15, 0.2) is 71.2 Å². The third kappa shape index (κ3) is 2.32. The van der Waals surface area contributed by atoms with Gasteiger partial charge in [0.15, 0.2) is 0 Å². The largest absolute Gasteiger partial charge is 0.0622 e. The first kappa shape index (κ1) is 12.8. The second-order valence-corrected chi connectivity index (χ2v) is 6.46. The van der Waals surface area contributed by atoms with Gasteiger partial charge in [-0.2, -0.15) is 0 Å². The smallest absolute Gasteiger partial charge is 0.0256 e. The van der Waals surface area contributed by atoms with Crippen LogP contribution in [0.3, 0.4) is 0 Å². The molecule has 21 heavy (non-hydrogen) atoms. The van der Waals surface area contributed by atoms with Gasteiger partial charge in [0.1, 0.15) is 0 Å². The highest BCUT2D eigenvalue weighted by molar-refractivity contribution is 9.10. The minimum atomic E-state index is 1.01. The molecular formula is C20H15Br. The van der Waals surface area contributed by atoms with E-state index in [-0.39, 0.29) is 0 Å². The monoisotopic (exact) mass is 334 g/mol. The second kappa shape index (κ2) is 5.16. The maximum atomic E-state index is 3.69. The number of halogens is 1. The molecule has 0 amide bonds. The van der Waals surface area contributed by atoms with Crippen LogP contribution in [0.4, 0.5) is 0 Å². The van der Waals surface area contributed by atoms with Crippen LogP contribution in [0.2, 0.25) is 0 Å². The molecule has 3 aromatic carbocycles. The highest BCUT2D eigenvalue weighted by Gasteiger charge is 2.20. The first-order chi connectivity index (χ1) is 10.3. The molecule has 0 unspecified atom stereocenters. The average Bonchev–Trinajstić information content (AvgIpc) is 2.87. The first-order valence-corrected chi connectivity index (χ1v) is 8.04. The van der Waals surface area contributed by atoms with E-state index in [1.54, 1.807) is 0 Å². The summed E-state index contributed by atoms with van der Waals surface area (Å²) >= 11 is 3.69. The maximum absolute atomic E-state index is 3.69. The molecule has 0 fully saturated rings. The van der Waals surface area contributed by atoms with Crippen molar-refractivity contribution in [3.63, 3.8) is 0 Å². The second-order valence-electron chi connectivity index (χ2n) is 5.60. The summed E-state index contributed by atoms with van der Waals surface area (Å²) in [5, 5.41) is 0. The van der Waals surface area contributed by atoms with E-state index in [1.165, 1.54) is 37.9 Å². The molecule has 0 saturated carbocycles. The van der Waals surface area contributed by atoms with E-state index in [4.69, 9.17) is 0 Å². The van der Waals surface area contributed by atoms with Gasteiger partial charge in [-0.25, -0.2) is 0 Å². The summed E-state index contributed by atoms with van der Waals surface area (Å²) in [7, 11) is 0. The lowest BCUT2D eigenvalue weighted by molar-refractivity contribution is 1.17. The summed E-state index contributed by atoms with van der Waals surface area (Å²) in [6.07, 6.45) is 2.05. The van der Waals surface area contributed by atoms with Gasteiger partial charge in [-0.05, 0) is 52.3 Å². The first-order valence-electron chi connectivity index (χ1n) is 7.25. The van der Waals surface area contributed by atoms with Crippen molar-refractivity contribution in [3.05, 3.63) is 93.5 Å². The Morgan fingerprint density at radius 3 is 2.48 bits per heavy atom. The van der Waals surface area contributed by atoms with Crippen molar-refractivity contribution >= 4 is 15.9 Å². The number of hydrogen-bond donors (Lipinski definition) is 0. The van der Waals surface area contributed by atoms with E-state index >= 15 is 0 Å². The highest BCUT2D eigenvalue weighted by atomic mass is 79.9. The van der Waals surface area contributed by atoms with E-state index in [0.717, 1.165) is 12.8 Å². The highest BCUT2D eigenvalue weighted by Crippen LogP contribution is 2.41. The molecule has 0 aromatic heterocycles. The van der Waals surface area contributed by atoms with E-state index in [9.17, 15) is 0 Å². The fourth-order valence-corrected chi connectivity index (χ4v) is 3.82. The van der Waals surface area contributed by atoms with Gasteiger partial charge in [0, 0.05) is 4.47 Å². The zero-order valence-electron chi connectivity index (χ0n) is 11.6. The normalized spacial score (nSPS) is 12.0. The Kier molecular flexibility index (Phi) is 3.16. The molecule has 0 aliphatic heterocycles. The summed E-state index contributed by atoms with van der Waals surface area (Å²) in [6, 6.07) is 24.1. The molecule has 0 spiro atoms. The molecular weight excluding hydrogens is 320 g/mol. The molecule has 0 N–H and O–H groups in total. The summed E-state index contributed by atoms with van der Waals surface area (Å²) < 4.78 is 1.20. The summed E-state index contributed by atoms with van der Waals surface area (Å²) in [5.74, 6) is 0. The van der Waals surface area contributed by atoms with Gasteiger partial charge in [0.2, 0.25) is 0 Å². The van der Waals surface area contributed by atoms with Crippen molar-refractivity contribution in [2.24, 2.45) is 0 Å². The lowest BCUT2D eigenvalue weighted by Crippen LogP contribution is -1.90. The fraction of sp³-hybridized carbons (Fsp3) is 0.100. The van der Waals surface area contributed by atoms with E-state index in [0.29, 0.717) is 0 Å². The minimum Gasteiger partial charge on any atom is -0.0622 e. The van der Waals surface area contributed by atoms with E-state index in [1.807, 2.05) is 0 Å². The number of benzene rings is 3. The molecule has 0 heterocycles. The van der Waals surface area contributed by atoms with Gasteiger partial charge < -0.3 is 0 Å². The molecule has 0 atom stereocenters. The third-order valence-corrected chi connectivity index (χ3v) is 4.83. The number of fused-ring (bicyclic) bond motifs is 3. The van der Waals surface area contributed by atoms with E-state index in [2.05, 4.69) is 82.7 Å². The number of rotatable bonds is 2. The van der Waals surface area contributed by atoms with Crippen molar-refractivity contribution in [3.8, 4) is 11.1 Å². The minimum absolute atomic E-state index is 1.01. The standard InChI is InChI=1S/C20H15Br/c21-19-8-4-7-16-13-17-12-15(9-10-18(17)20(16)19)11-14-5-2-1-3-6-14/h1-10,12H,11,13H2. The van der Waals surface area contributed by atoms with Crippen molar-refractivity contribution in [1.29, 1.82) is 0 Å². The molecule has 1 aliphatic rings. The molecule has 0 nitrogen and oxygen atoms in total.